The summed E-state index contributed by atoms with van der Waals surface area (Å²) in [5.74, 6) is 1.93. The second kappa shape index (κ2) is 10.1. The molecule has 8 heteroatoms. The summed E-state index contributed by atoms with van der Waals surface area (Å²) in [7, 11) is 1.67. The van der Waals surface area contributed by atoms with Crippen molar-refractivity contribution < 1.29 is 9.53 Å². The molecule has 1 aliphatic heterocycles. The molecule has 0 bridgehead atoms. The number of hydrogen-bond donors (Lipinski definition) is 1. The van der Waals surface area contributed by atoms with Crippen LogP contribution in [0.2, 0.25) is 0 Å². The van der Waals surface area contributed by atoms with Gasteiger partial charge in [0.25, 0.3) is 5.91 Å². The van der Waals surface area contributed by atoms with Crippen molar-refractivity contribution in [3.8, 4) is 17.0 Å². The van der Waals surface area contributed by atoms with Gasteiger partial charge in [0, 0.05) is 49.4 Å². The first-order valence-electron chi connectivity index (χ1n) is 11.6. The zero-order valence-corrected chi connectivity index (χ0v) is 19.8. The minimum Gasteiger partial charge on any atom is -0.497 e. The van der Waals surface area contributed by atoms with Crippen LogP contribution in [0.5, 0.6) is 5.75 Å². The van der Waals surface area contributed by atoms with E-state index in [0.29, 0.717) is 18.7 Å². The summed E-state index contributed by atoms with van der Waals surface area (Å²) < 4.78 is 5.26. The summed E-state index contributed by atoms with van der Waals surface area (Å²) >= 11 is 0. The van der Waals surface area contributed by atoms with Crippen LogP contribution in [-0.4, -0.2) is 69.2 Å². The number of hydrogen-bond acceptors (Lipinski definition) is 6. The zero-order chi connectivity index (χ0) is 23.4. The van der Waals surface area contributed by atoms with Crippen molar-refractivity contribution in [3.05, 3.63) is 59.3 Å². The van der Waals surface area contributed by atoms with Crippen LogP contribution < -0.4 is 4.74 Å². The van der Waals surface area contributed by atoms with E-state index in [0.717, 1.165) is 60.1 Å². The number of amides is 1. The Hall–Kier alpha value is -3.26. The molecule has 8 nitrogen and oxygen atoms in total. The maximum atomic E-state index is 12.7. The van der Waals surface area contributed by atoms with Gasteiger partial charge in [-0.1, -0.05) is 0 Å². The summed E-state index contributed by atoms with van der Waals surface area (Å²) in [6, 6.07) is 8.00. The molecule has 33 heavy (non-hydrogen) atoms. The Labute approximate surface area is 195 Å². The van der Waals surface area contributed by atoms with Gasteiger partial charge in [0.2, 0.25) is 0 Å². The summed E-state index contributed by atoms with van der Waals surface area (Å²) in [6.45, 7) is 9.91. The molecule has 4 rings (SSSR count). The van der Waals surface area contributed by atoms with Crippen molar-refractivity contribution in [2.45, 2.75) is 39.7 Å². The summed E-state index contributed by atoms with van der Waals surface area (Å²) in [6.07, 6.45) is 4.61. The summed E-state index contributed by atoms with van der Waals surface area (Å²) in [4.78, 5) is 26.2. The van der Waals surface area contributed by atoms with E-state index in [1.165, 1.54) is 0 Å². The van der Waals surface area contributed by atoms with Crippen molar-refractivity contribution in [1.82, 2.24) is 30.0 Å². The molecule has 2 aromatic heterocycles. The highest BCUT2D eigenvalue weighted by Crippen LogP contribution is 2.29. The molecule has 1 aromatic carbocycles. The third-order valence-corrected chi connectivity index (χ3v) is 6.41. The molecule has 0 aliphatic carbocycles. The highest BCUT2D eigenvalue weighted by Gasteiger charge is 2.28. The lowest BCUT2D eigenvalue weighted by Crippen LogP contribution is -2.31. The van der Waals surface area contributed by atoms with E-state index in [9.17, 15) is 4.79 Å². The van der Waals surface area contributed by atoms with Crippen LogP contribution in [0.1, 0.15) is 53.6 Å². The van der Waals surface area contributed by atoms with Crippen molar-refractivity contribution >= 4 is 5.91 Å². The second-order valence-electron chi connectivity index (χ2n) is 8.42. The highest BCUT2D eigenvalue weighted by atomic mass is 16.5. The van der Waals surface area contributed by atoms with Crippen LogP contribution in [0.15, 0.2) is 36.7 Å². The molecule has 0 saturated carbocycles. The normalized spacial score (nSPS) is 16.2. The Morgan fingerprint density at radius 2 is 1.97 bits per heavy atom. The number of nitrogens with zero attached hydrogens (tertiary/aromatic N) is 5. The average Bonchev–Trinajstić information content (AvgIpc) is 3.50. The molecule has 1 saturated heterocycles. The molecule has 1 fully saturated rings. The Morgan fingerprint density at radius 3 is 2.64 bits per heavy atom. The molecular formula is C25H32N6O2. The van der Waals surface area contributed by atoms with Crippen LogP contribution in [0.4, 0.5) is 0 Å². The zero-order valence-electron chi connectivity index (χ0n) is 19.8. The fourth-order valence-electron chi connectivity index (χ4n) is 4.44. The Bertz CT molecular complexity index is 1090. The smallest absolute Gasteiger partial charge is 0.257 e. The third-order valence-electron chi connectivity index (χ3n) is 6.41. The topological polar surface area (TPSA) is 87.2 Å². The van der Waals surface area contributed by atoms with Gasteiger partial charge in [0.1, 0.15) is 11.6 Å². The predicted octanol–water partition coefficient (Wildman–Crippen LogP) is 3.66. The van der Waals surface area contributed by atoms with Gasteiger partial charge in [0.05, 0.1) is 30.3 Å². The van der Waals surface area contributed by atoms with Crippen molar-refractivity contribution in [1.29, 1.82) is 0 Å². The van der Waals surface area contributed by atoms with Crippen LogP contribution in [0, 0.1) is 6.92 Å². The van der Waals surface area contributed by atoms with Crippen molar-refractivity contribution in [2.24, 2.45) is 0 Å². The van der Waals surface area contributed by atoms with E-state index in [1.807, 2.05) is 51.2 Å². The van der Waals surface area contributed by atoms with E-state index in [2.05, 4.69) is 20.1 Å². The van der Waals surface area contributed by atoms with Crippen LogP contribution in [0.3, 0.4) is 0 Å². The lowest BCUT2D eigenvalue weighted by Gasteiger charge is -2.20. The van der Waals surface area contributed by atoms with Gasteiger partial charge in [-0.2, -0.15) is 5.10 Å². The molecule has 0 spiro atoms. The van der Waals surface area contributed by atoms with Gasteiger partial charge in [0.15, 0.2) is 0 Å². The third kappa shape index (κ3) is 4.90. The number of aromatic nitrogens is 4. The fourth-order valence-corrected chi connectivity index (χ4v) is 4.44. The van der Waals surface area contributed by atoms with Crippen LogP contribution >= 0.6 is 0 Å². The molecule has 0 radical (unpaired) electrons. The van der Waals surface area contributed by atoms with E-state index in [-0.39, 0.29) is 11.8 Å². The Kier molecular flexibility index (Phi) is 7.03. The molecule has 1 amide bonds. The molecule has 3 heterocycles. The van der Waals surface area contributed by atoms with Crippen LogP contribution in [0.25, 0.3) is 11.3 Å². The average molecular weight is 449 g/mol. The van der Waals surface area contributed by atoms with Crippen molar-refractivity contribution in [2.75, 3.05) is 33.3 Å². The Balaban J connectivity index is 1.43. The number of aromatic amines is 1. The fraction of sp³-hybridized carbons (Fsp3) is 0.440. The largest absolute Gasteiger partial charge is 0.497 e. The van der Waals surface area contributed by atoms with Gasteiger partial charge in [-0.3, -0.25) is 14.8 Å². The summed E-state index contributed by atoms with van der Waals surface area (Å²) in [5, 5.41) is 7.42. The first kappa shape index (κ1) is 22.9. The molecule has 1 aliphatic rings. The Morgan fingerprint density at radius 1 is 1.21 bits per heavy atom. The summed E-state index contributed by atoms with van der Waals surface area (Å²) in [5.41, 5.74) is 4.64. The molecule has 3 aromatic rings. The van der Waals surface area contributed by atoms with Crippen molar-refractivity contribution in [3.63, 3.8) is 0 Å². The number of carbonyl (C=O) groups excluding carboxylic acids is 1. The van der Waals surface area contributed by atoms with E-state index in [1.54, 1.807) is 18.2 Å². The highest BCUT2D eigenvalue weighted by molar-refractivity contribution is 5.94. The SMILES string of the molecule is CCN(CC)C(=O)c1cnc(C2CCN(Cc3cn[nH]c3-c3ccc(OC)cc3)C2)nc1C. The van der Waals surface area contributed by atoms with Crippen LogP contribution in [-0.2, 0) is 6.54 Å². The number of benzene rings is 1. The van der Waals surface area contributed by atoms with Gasteiger partial charge in [-0.05, 0) is 58.0 Å². The standard InChI is InChI=1S/C25H32N6O2/c1-5-31(6-2)25(32)22-14-26-24(28-17(22)3)19-11-12-30(15-19)16-20-13-27-29-23(20)18-7-9-21(33-4)10-8-18/h7-10,13-14,19H,5-6,11-12,15-16H2,1-4H3,(H,27,29). The lowest BCUT2D eigenvalue weighted by molar-refractivity contribution is 0.0771. The number of methoxy groups -OCH3 is 1. The number of aryl methyl sites for hydroxylation is 1. The van der Waals surface area contributed by atoms with Gasteiger partial charge in [-0.15, -0.1) is 0 Å². The number of likely N-dealkylation sites (tertiary alicyclic amines) is 1. The quantitative estimate of drug-likeness (QED) is 0.566. The van der Waals surface area contributed by atoms with Gasteiger partial charge >= 0.3 is 0 Å². The number of carbonyl (C=O) groups is 1. The van der Waals surface area contributed by atoms with E-state index >= 15 is 0 Å². The van der Waals surface area contributed by atoms with Gasteiger partial charge < -0.3 is 9.64 Å². The van der Waals surface area contributed by atoms with E-state index < -0.39 is 0 Å². The maximum Gasteiger partial charge on any atom is 0.257 e. The second-order valence-corrected chi connectivity index (χ2v) is 8.42. The number of H-pyrrole nitrogens is 1. The lowest BCUT2D eigenvalue weighted by atomic mass is 10.1. The predicted molar refractivity (Wildman–Crippen MR) is 127 cm³/mol. The molecule has 1 unspecified atom stereocenters. The van der Waals surface area contributed by atoms with Gasteiger partial charge in [-0.25, -0.2) is 9.97 Å². The van der Waals surface area contributed by atoms with E-state index in [4.69, 9.17) is 9.72 Å². The molecule has 1 atom stereocenters. The maximum absolute atomic E-state index is 12.7. The first-order chi connectivity index (χ1) is 16.0. The number of rotatable bonds is 8. The minimum absolute atomic E-state index is 0.00289. The monoisotopic (exact) mass is 448 g/mol. The minimum atomic E-state index is 0.00289. The first-order valence-corrected chi connectivity index (χ1v) is 11.6. The number of ether oxygens (including phenoxy) is 1. The number of nitrogens with one attached hydrogen (secondary N) is 1. The molecule has 1 N–H and O–H groups in total. The molecular weight excluding hydrogens is 416 g/mol. The molecule has 174 valence electrons.